The lowest BCUT2D eigenvalue weighted by molar-refractivity contribution is 0.104. The summed E-state index contributed by atoms with van der Waals surface area (Å²) in [5.74, 6) is -0.514. The predicted molar refractivity (Wildman–Crippen MR) is 105 cm³/mol. The number of carbonyl (C=O) groups is 1. The van der Waals surface area contributed by atoms with E-state index in [0.29, 0.717) is 11.3 Å². The van der Waals surface area contributed by atoms with Gasteiger partial charge < -0.3 is 9.80 Å². The van der Waals surface area contributed by atoms with Gasteiger partial charge in [-0.2, -0.15) is 0 Å². The first-order chi connectivity index (χ1) is 12.6. The Balaban J connectivity index is 1.71. The van der Waals surface area contributed by atoms with Crippen molar-refractivity contribution in [2.75, 3.05) is 37.6 Å². The van der Waals surface area contributed by atoms with Gasteiger partial charge in [0.05, 0.1) is 5.69 Å². The van der Waals surface area contributed by atoms with Crippen molar-refractivity contribution in [1.29, 1.82) is 0 Å². The van der Waals surface area contributed by atoms with Crippen LogP contribution in [0.2, 0.25) is 0 Å². The van der Waals surface area contributed by atoms with Crippen LogP contribution in [0, 0.1) is 12.7 Å². The molecule has 0 aliphatic carbocycles. The summed E-state index contributed by atoms with van der Waals surface area (Å²) in [4.78, 5) is 16.8. The second-order valence-corrected chi connectivity index (χ2v) is 6.64. The maximum Gasteiger partial charge on any atom is 0.185 e. The molecule has 0 atom stereocenters. The van der Waals surface area contributed by atoms with Gasteiger partial charge in [-0.1, -0.05) is 37.3 Å². The lowest BCUT2D eigenvalue weighted by Crippen LogP contribution is -2.46. The van der Waals surface area contributed by atoms with Gasteiger partial charge >= 0.3 is 0 Å². The largest absolute Gasteiger partial charge is 0.367 e. The standard InChI is InChI=1S/C22H25FN2O/c1-3-24-12-14-25(15-13-24)21-10-8-19(16-20(21)23)22(26)11-9-18-7-5-4-6-17(18)2/h4-11,16H,3,12-15H2,1-2H3/b11-9+. The number of allylic oxidation sites excluding steroid dienone is 1. The second-order valence-electron chi connectivity index (χ2n) is 6.64. The Labute approximate surface area is 154 Å². The Bertz CT molecular complexity index is 808. The van der Waals surface area contributed by atoms with E-state index in [0.717, 1.165) is 43.9 Å². The number of anilines is 1. The summed E-state index contributed by atoms with van der Waals surface area (Å²) in [6.45, 7) is 8.66. The van der Waals surface area contributed by atoms with Crippen molar-refractivity contribution in [3.8, 4) is 0 Å². The molecular formula is C22H25FN2O. The average molecular weight is 352 g/mol. The summed E-state index contributed by atoms with van der Waals surface area (Å²) >= 11 is 0. The molecule has 1 aliphatic heterocycles. The van der Waals surface area contributed by atoms with Gasteiger partial charge in [-0.25, -0.2) is 4.39 Å². The van der Waals surface area contributed by atoms with Crippen molar-refractivity contribution in [1.82, 2.24) is 4.90 Å². The van der Waals surface area contributed by atoms with E-state index in [1.54, 1.807) is 18.2 Å². The van der Waals surface area contributed by atoms with E-state index in [9.17, 15) is 9.18 Å². The molecule has 4 heteroatoms. The van der Waals surface area contributed by atoms with Crippen LogP contribution in [-0.4, -0.2) is 43.4 Å². The summed E-state index contributed by atoms with van der Waals surface area (Å²) in [7, 11) is 0. The van der Waals surface area contributed by atoms with Crippen molar-refractivity contribution in [3.63, 3.8) is 0 Å². The number of ketones is 1. The Hall–Kier alpha value is -2.46. The van der Waals surface area contributed by atoms with Crippen LogP contribution < -0.4 is 4.90 Å². The van der Waals surface area contributed by atoms with Crippen molar-refractivity contribution >= 4 is 17.5 Å². The molecule has 0 amide bonds. The van der Waals surface area contributed by atoms with Gasteiger partial charge in [0.1, 0.15) is 5.82 Å². The van der Waals surface area contributed by atoms with E-state index in [2.05, 4.69) is 16.7 Å². The third kappa shape index (κ3) is 4.20. The average Bonchev–Trinajstić information content (AvgIpc) is 2.67. The fourth-order valence-electron chi connectivity index (χ4n) is 3.26. The quantitative estimate of drug-likeness (QED) is 0.596. The van der Waals surface area contributed by atoms with Crippen LogP contribution in [0.4, 0.5) is 10.1 Å². The molecule has 1 saturated heterocycles. The Morgan fingerprint density at radius 1 is 1.12 bits per heavy atom. The fourth-order valence-corrected chi connectivity index (χ4v) is 3.26. The van der Waals surface area contributed by atoms with Crippen molar-refractivity contribution < 1.29 is 9.18 Å². The minimum absolute atomic E-state index is 0.186. The zero-order chi connectivity index (χ0) is 18.5. The van der Waals surface area contributed by atoms with Crippen molar-refractivity contribution in [2.45, 2.75) is 13.8 Å². The van der Waals surface area contributed by atoms with E-state index < -0.39 is 0 Å². The topological polar surface area (TPSA) is 23.6 Å². The molecule has 3 rings (SSSR count). The van der Waals surface area contributed by atoms with Gasteiger partial charge in [0, 0.05) is 31.7 Å². The number of carbonyl (C=O) groups excluding carboxylic acids is 1. The number of hydrogen-bond acceptors (Lipinski definition) is 3. The zero-order valence-corrected chi connectivity index (χ0v) is 15.4. The van der Waals surface area contributed by atoms with Crippen LogP contribution in [0.1, 0.15) is 28.4 Å². The molecule has 2 aromatic carbocycles. The number of likely N-dealkylation sites (N-methyl/N-ethyl adjacent to an activating group) is 1. The molecule has 136 valence electrons. The molecule has 1 aliphatic rings. The Morgan fingerprint density at radius 2 is 1.85 bits per heavy atom. The number of hydrogen-bond donors (Lipinski definition) is 0. The van der Waals surface area contributed by atoms with E-state index in [1.807, 2.05) is 31.2 Å². The molecule has 0 aromatic heterocycles. The fraction of sp³-hybridized carbons (Fsp3) is 0.318. The first-order valence-electron chi connectivity index (χ1n) is 9.13. The normalized spacial score (nSPS) is 15.6. The third-order valence-corrected chi connectivity index (χ3v) is 5.00. The SMILES string of the molecule is CCN1CCN(c2ccc(C(=O)/C=C/c3ccccc3C)cc2F)CC1. The highest BCUT2D eigenvalue weighted by Crippen LogP contribution is 2.22. The smallest absolute Gasteiger partial charge is 0.185 e. The van der Waals surface area contributed by atoms with Gasteiger partial charge in [-0.3, -0.25) is 4.79 Å². The van der Waals surface area contributed by atoms with Crippen LogP contribution in [0.15, 0.2) is 48.5 Å². The van der Waals surface area contributed by atoms with Crippen LogP contribution >= 0.6 is 0 Å². The molecule has 0 saturated carbocycles. The molecule has 0 radical (unpaired) electrons. The van der Waals surface area contributed by atoms with Crippen molar-refractivity contribution in [3.05, 3.63) is 71.0 Å². The second kappa shape index (κ2) is 8.28. The molecule has 1 heterocycles. The van der Waals surface area contributed by atoms with E-state index in [4.69, 9.17) is 0 Å². The first-order valence-corrected chi connectivity index (χ1v) is 9.13. The molecule has 0 bridgehead atoms. The van der Waals surface area contributed by atoms with E-state index in [-0.39, 0.29) is 11.6 Å². The highest BCUT2D eigenvalue weighted by molar-refractivity contribution is 6.07. The summed E-state index contributed by atoms with van der Waals surface area (Å²) in [6, 6.07) is 12.6. The minimum atomic E-state index is -0.329. The molecule has 2 aromatic rings. The maximum atomic E-state index is 14.6. The van der Waals surface area contributed by atoms with Gasteiger partial charge in [-0.15, -0.1) is 0 Å². The molecule has 0 unspecified atom stereocenters. The predicted octanol–water partition coefficient (Wildman–Crippen LogP) is 4.17. The number of aryl methyl sites for hydroxylation is 1. The Kier molecular flexibility index (Phi) is 5.84. The lowest BCUT2D eigenvalue weighted by Gasteiger charge is -2.35. The molecular weight excluding hydrogens is 327 g/mol. The summed E-state index contributed by atoms with van der Waals surface area (Å²) in [6.07, 6.45) is 3.30. The van der Waals surface area contributed by atoms with Crippen LogP contribution in [0.3, 0.4) is 0 Å². The van der Waals surface area contributed by atoms with Gasteiger partial charge in [-0.05, 0) is 48.9 Å². The van der Waals surface area contributed by atoms with Crippen LogP contribution in [0.5, 0.6) is 0 Å². The maximum absolute atomic E-state index is 14.6. The molecule has 1 fully saturated rings. The van der Waals surface area contributed by atoms with Crippen LogP contribution in [-0.2, 0) is 0 Å². The van der Waals surface area contributed by atoms with E-state index >= 15 is 0 Å². The van der Waals surface area contributed by atoms with Gasteiger partial charge in [0.15, 0.2) is 5.78 Å². The molecule has 0 N–H and O–H groups in total. The van der Waals surface area contributed by atoms with Gasteiger partial charge in [0.25, 0.3) is 0 Å². The molecule has 0 spiro atoms. The number of halogens is 1. The number of nitrogens with zero attached hydrogens (tertiary/aromatic N) is 2. The highest BCUT2D eigenvalue weighted by atomic mass is 19.1. The lowest BCUT2D eigenvalue weighted by atomic mass is 10.1. The number of piperazine rings is 1. The summed E-state index contributed by atoms with van der Waals surface area (Å²) in [5.41, 5.74) is 3.06. The Morgan fingerprint density at radius 3 is 2.50 bits per heavy atom. The molecule has 26 heavy (non-hydrogen) atoms. The van der Waals surface area contributed by atoms with E-state index in [1.165, 1.54) is 12.1 Å². The number of benzene rings is 2. The summed E-state index contributed by atoms with van der Waals surface area (Å²) in [5, 5.41) is 0. The van der Waals surface area contributed by atoms with Gasteiger partial charge in [0.2, 0.25) is 0 Å². The zero-order valence-electron chi connectivity index (χ0n) is 15.4. The first kappa shape index (κ1) is 18.3. The third-order valence-electron chi connectivity index (χ3n) is 5.00. The number of rotatable bonds is 5. The highest BCUT2D eigenvalue weighted by Gasteiger charge is 2.19. The summed E-state index contributed by atoms with van der Waals surface area (Å²) < 4.78 is 14.6. The molecule has 3 nitrogen and oxygen atoms in total. The monoisotopic (exact) mass is 352 g/mol. The van der Waals surface area contributed by atoms with Crippen molar-refractivity contribution in [2.24, 2.45) is 0 Å². The van der Waals surface area contributed by atoms with Crippen LogP contribution in [0.25, 0.3) is 6.08 Å². The minimum Gasteiger partial charge on any atom is -0.367 e.